The highest BCUT2D eigenvalue weighted by Crippen LogP contribution is 2.28. The smallest absolute Gasteiger partial charge is 0.137 e. The SMILES string of the molecule is CCCC=C(c1ccc(OCC[N+](C)(C)C)cc1)c1ccc(OCC[N+](C)(C)C)cc1. The van der Waals surface area contributed by atoms with E-state index in [4.69, 9.17) is 9.47 Å². The van der Waals surface area contributed by atoms with E-state index < -0.39 is 0 Å². The van der Waals surface area contributed by atoms with E-state index in [0.717, 1.165) is 59.6 Å². The van der Waals surface area contributed by atoms with Crippen molar-refractivity contribution in [3.63, 3.8) is 0 Å². The second-order valence-electron chi connectivity index (χ2n) is 10.2. The largest absolute Gasteiger partial charge is 0.488 e. The Labute approximate surface area is 189 Å². The summed E-state index contributed by atoms with van der Waals surface area (Å²) in [5.41, 5.74) is 3.69. The summed E-state index contributed by atoms with van der Waals surface area (Å²) in [6.45, 7) is 5.61. The predicted molar refractivity (Wildman–Crippen MR) is 132 cm³/mol. The molecular weight excluding hydrogens is 384 g/mol. The molecular formula is C27H42N2O2+2. The normalized spacial score (nSPS) is 11.8. The maximum absolute atomic E-state index is 5.93. The first kappa shape index (κ1) is 25.0. The molecule has 0 heterocycles. The molecule has 2 aromatic carbocycles. The Morgan fingerprint density at radius 1 is 0.677 bits per heavy atom. The Morgan fingerprint density at radius 3 is 1.39 bits per heavy atom. The predicted octanol–water partition coefficient (Wildman–Crippen LogP) is 5.09. The van der Waals surface area contributed by atoms with Crippen LogP contribution in [0.2, 0.25) is 0 Å². The molecule has 4 nitrogen and oxygen atoms in total. The molecule has 0 N–H and O–H groups in total. The number of hydrogen-bond acceptors (Lipinski definition) is 2. The van der Waals surface area contributed by atoms with Crippen molar-refractivity contribution in [3.05, 3.63) is 65.7 Å². The highest BCUT2D eigenvalue weighted by atomic mass is 16.5. The fraction of sp³-hybridized carbons (Fsp3) is 0.481. The zero-order valence-electron chi connectivity index (χ0n) is 20.6. The summed E-state index contributed by atoms with van der Waals surface area (Å²) in [4.78, 5) is 0. The minimum atomic E-state index is 0.719. The van der Waals surface area contributed by atoms with E-state index in [1.165, 1.54) is 16.7 Å². The van der Waals surface area contributed by atoms with Gasteiger partial charge in [0.2, 0.25) is 0 Å². The van der Waals surface area contributed by atoms with Gasteiger partial charge in [-0.05, 0) is 47.4 Å². The summed E-state index contributed by atoms with van der Waals surface area (Å²) in [5, 5.41) is 0. The van der Waals surface area contributed by atoms with Crippen LogP contribution in [-0.2, 0) is 0 Å². The lowest BCUT2D eigenvalue weighted by molar-refractivity contribution is -0.870. The summed E-state index contributed by atoms with van der Waals surface area (Å²) in [5.74, 6) is 1.85. The van der Waals surface area contributed by atoms with Crippen molar-refractivity contribution < 1.29 is 18.4 Å². The average molecular weight is 427 g/mol. The van der Waals surface area contributed by atoms with Gasteiger partial charge in [-0.25, -0.2) is 0 Å². The van der Waals surface area contributed by atoms with Crippen molar-refractivity contribution >= 4 is 5.57 Å². The van der Waals surface area contributed by atoms with Gasteiger partial charge < -0.3 is 18.4 Å². The van der Waals surface area contributed by atoms with Crippen molar-refractivity contribution in [3.8, 4) is 11.5 Å². The molecule has 0 bridgehead atoms. The first-order valence-corrected chi connectivity index (χ1v) is 11.3. The average Bonchev–Trinajstić information content (AvgIpc) is 2.68. The number of rotatable bonds is 12. The molecule has 4 heteroatoms. The Hall–Kier alpha value is -2.30. The first-order chi connectivity index (χ1) is 14.6. The lowest BCUT2D eigenvalue weighted by Crippen LogP contribution is -2.38. The van der Waals surface area contributed by atoms with Crippen LogP contribution in [0.1, 0.15) is 30.9 Å². The Kier molecular flexibility index (Phi) is 9.15. The first-order valence-electron chi connectivity index (χ1n) is 11.3. The zero-order valence-corrected chi connectivity index (χ0v) is 20.6. The molecule has 0 aromatic heterocycles. The van der Waals surface area contributed by atoms with Crippen LogP contribution >= 0.6 is 0 Å². The lowest BCUT2D eigenvalue weighted by Gasteiger charge is -2.23. The second-order valence-corrected chi connectivity index (χ2v) is 10.2. The summed E-state index contributed by atoms with van der Waals surface area (Å²) in [6.07, 6.45) is 4.51. The third-order valence-corrected chi connectivity index (χ3v) is 5.03. The van der Waals surface area contributed by atoms with E-state index in [1.807, 2.05) is 0 Å². The van der Waals surface area contributed by atoms with Gasteiger partial charge in [0.05, 0.1) is 42.3 Å². The molecule has 0 atom stereocenters. The van der Waals surface area contributed by atoms with E-state index in [-0.39, 0.29) is 0 Å². The van der Waals surface area contributed by atoms with Gasteiger partial charge in [0.1, 0.15) is 37.8 Å². The van der Waals surface area contributed by atoms with Gasteiger partial charge in [0.25, 0.3) is 0 Å². The van der Waals surface area contributed by atoms with E-state index >= 15 is 0 Å². The summed E-state index contributed by atoms with van der Waals surface area (Å²) >= 11 is 0. The molecule has 2 aromatic rings. The minimum Gasteiger partial charge on any atom is -0.488 e. The summed E-state index contributed by atoms with van der Waals surface area (Å²) < 4.78 is 13.7. The fourth-order valence-electron chi connectivity index (χ4n) is 3.03. The number of hydrogen-bond donors (Lipinski definition) is 0. The van der Waals surface area contributed by atoms with Gasteiger partial charge in [-0.3, -0.25) is 0 Å². The van der Waals surface area contributed by atoms with Gasteiger partial charge in [-0.2, -0.15) is 0 Å². The molecule has 0 unspecified atom stereocenters. The lowest BCUT2D eigenvalue weighted by atomic mass is 9.96. The van der Waals surface area contributed by atoms with Crippen molar-refractivity contribution in [1.82, 2.24) is 0 Å². The molecule has 0 saturated heterocycles. The van der Waals surface area contributed by atoms with Gasteiger partial charge in [0.15, 0.2) is 0 Å². The Bertz CT molecular complexity index is 745. The van der Waals surface area contributed by atoms with Crippen LogP contribution in [0.4, 0.5) is 0 Å². The second kappa shape index (κ2) is 11.4. The van der Waals surface area contributed by atoms with Gasteiger partial charge in [-0.15, -0.1) is 0 Å². The van der Waals surface area contributed by atoms with Crippen LogP contribution in [-0.4, -0.2) is 77.6 Å². The monoisotopic (exact) mass is 426 g/mol. The third kappa shape index (κ3) is 9.58. The number of nitrogens with zero attached hydrogens (tertiary/aromatic N) is 2. The van der Waals surface area contributed by atoms with Crippen LogP contribution in [0.5, 0.6) is 11.5 Å². The van der Waals surface area contributed by atoms with E-state index in [2.05, 4.69) is 104 Å². The Balaban J connectivity index is 2.07. The zero-order chi connectivity index (χ0) is 22.9. The van der Waals surface area contributed by atoms with Crippen molar-refractivity contribution in [2.24, 2.45) is 0 Å². The highest BCUT2D eigenvalue weighted by molar-refractivity contribution is 5.80. The maximum Gasteiger partial charge on any atom is 0.137 e. The van der Waals surface area contributed by atoms with Crippen LogP contribution < -0.4 is 9.47 Å². The summed E-state index contributed by atoms with van der Waals surface area (Å²) in [6, 6.07) is 17.0. The topological polar surface area (TPSA) is 18.5 Å². The minimum absolute atomic E-state index is 0.719. The molecule has 0 fully saturated rings. The van der Waals surface area contributed by atoms with Gasteiger partial charge >= 0.3 is 0 Å². The molecule has 0 amide bonds. The third-order valence-electron chi connectivity index (χ3n) is 5.03. The number of unbranched alkanes of at least 4 members (excludes halogenated alkanes) is 1. The van der Waals surface area contributed by atoms with Crippen LogP contribution in [0.3, 0.4) is 0 Å². The molecule has 0 saturated carbocycles. The molecule has 0 spiro atoms. The maximum atomic E-state index is 5.93. The van der Waals surface area contributed by atoms with E-state index in [9.17, 15) is 0 Å². The summed E-state index contributed by atoms with van der Waals surface area (Å²) in [7, 11) is 13.1. The quantitative estimate of drug-likeness (QED) is 0.440. The fourth-order valence-corrected chi connectivity index (χ4v) is 3.03. The van der Waals surface area contributed by atoms with Gasteiger partial charge in [0, 0.05) is 0 Å². The molecule has 0 radical (unpaired) electrons. The molecule has 170 valence electrons. The van der Waals surface area contributed by atoms with Crippen molar-refractivity contribution in [1.29, 1.82) is 0 Å². The molecule has 0 aliphatic heterocycles. The van der Waals surface area contributed by atoms with E-state index in [0.29, 0.717) is 0 Å². The number of benzene rings is 2. The number of quaternary nitrogens is 2. The number of likely N-dealkylation sites (N-methyl/N-ethyl adjacent to an activating group) is 2. The number of allylic oxidation sites excluding steroid dienone is 1. The van der Waals surface area contributed by atoms with Crippen LogP contribution in [0.15, 0.2) is 54.6 Å². The highest BCUT2D eigenvalue weighted by Gasteiger charge is 2.10. The standard InChI is InChI=1S/C27H42N2O2/c1-8-9-10-27(23-11-15-25(16-12-23)30-21-19-28(2,3)4)24-13-17-26(18-14-24)31-22-20-29(5,6)7/h10-18H,8-9,19-22H2,1-7H3/q+2. The van der Waals surface area contributed by atoms with Crippen molar-refractivity contribution in [2.45, 2.75) is 19.8 Å². The molecule has 0 aliphatic rings. The Morgan fingerprint density at radius 2 is 1.06 bits per heavy atom. The van der Waals surface area contributed by atoms with Crippen molar-refractivity contribution in [2.75, 3.05) is 68.6 Å². The molecule has 31 heavy (non-hydrogen) atoms. The van der Waals surface area contributed by atoms with Crippen LogP contribution in [0, 0.1) is 0 Å². The van der Waals surface area contributed by atoms with Gasteiger partial charge in [-0.1, -0.05) is 43.7 Å². The van der Waals surface area contributed by atoms with Crippen LogP contribution in [0.25, 0.3) is 5.57 Å². The number of ether oxygens (including phenoxy) is 2. The van der Waals surface area contributed by atoms with E-state index in [1.54, 1.807) is 0 Å². The molecule has 2 rings (SSSR count). The molecule has 0 aliphatic carbocycles.